The van der Waals surface area contributed by atoms with E-state index in [9.17, 15) is 0 Å². The normalized spacial score (nSPS) is 11.2. The smallest absolute Gasteiger partial charge is 0.0945 e. The first-order valence-electron chi connectivity index (χ1n) is 8.55. The van der Waals surface area contributed by atoms with E-state index in [-0.39, 0.29) is 0 Å². The molecule has 0 aliphatic carbocycles. The molecule has 0 spiro atoms. The summed E-state index contributed by atoms with van der Waals surface area (Å²) in [4.78, 5) is 11.1. The minimum Gasteiger partial charge on any atom is -0.337 e. The lowest BCUT2D eigenvalue weighted by molar-refractivity contribution is 0.245. The van der Waals surface area contributed by atoms with Crippen LogP contribution >= 0.6 is 11.6 Å². The number of benzene rings is 1. The summed E-state index contributed by atoms with van der Waals surface area (Å²) >= 11 is 6.36. The molecule has 5 heteroatoms. The van der Waals surface area contributed by atoms with Crippen molar-refractivity contribution in [3.63, 3.8) is 0 Å². The second-order valence-electron chi connectivity index (χ2n) is 6.23. The molecule has 0 aliphatic heterocycles. The van der Waals surface area contributed by atoms with Crippen LogP contribution in [0.3, 0.4) is 0 Å². The SMILES string of the molecule is Cc1cccc(CN(CCCn2ccnc2)Cc2ccccc2Cl)n1. The number of pyridine rings is 1. The Balaban J connectivity index is 1.67. The van der Waals surface area contributed by atoms with Crippen LogP contribution in [0.15, 0.2) is 61.2 Å². The van der Waals surface area contributed by atoms with Crippen LogP contribution in [0.25, 0.3) is 0 Å². The molecule has 3 rings (SSSR count). The monoisotopic (exact) mass is 354 g/mol. The molecule has 0 fully saturated rings. The van der Waals surface area contributed by atoms with E-state index >= 15 is 0 Å². The number of aromatic nitrogens is 3. The van der Waals surface area contributed by atoms with Gasteiger partial charge in [-0.1, -0.05) is 35.9 Å². The average molecular weight is 355 g/mol. The molecule has 2 heterocycles. The average Bonchev–Trinajstić information content (AvgIpc) is 3.10. The van der Waals surface area contributed by atoms with Crippen LogP contribution in [0.1, 0.15) is 23.4 Å². The minimum absolute atomic E-state index is 0.816. The van der Waals surface area contributed by atoms with Crippen molar-refractivity contribution in [3.05, 3.63) is 83.2 Å². The number of rotatable bonds is 8. The molecule has 0 atom stereocenters. The molecule has 0 amide bonds. The highest BCUT2D eigenvalue weighted by Gasteiger charge is 2.10. The summed E-state index contributed by atoms with van der Waals surface area (Å²) in [7, 11) is 0. The van der Waals surface area contributed by atoms with E-state index in [2.05, 4.69) is 37.6 Å². The van der Waals surface area contributed by atoms with E-state index < -0.39 is 0 Å². The van der Waals surface area contributed by atoms with Crippen molar-refractivity contribution in [1.29, 1.82) is 0 Å². The lowest BCUT2D eigenvalue weighted by Gasteiger charge is -2.23. The summed E-state index contributed by atoms with van der Waals surface area (Å²) < 4.78 is 2.11. The zero-order valence-corrected chi connectivity index (χ0v) is 15.2. The summed E-state index contributed by atoms with van der Waals surface area (Å²) in [6.45, 7) is 5.59. The Morgan fingerprint density at radius 3 is 2.72 bits per heavy atom. The van der Waals surface area contributed by atoms with Gasteiger partial charge in [-0.05, 0) is 37.1 Å². The van der Waals surface area contributed by atoms with Gasteiger partial charge in [-0.15, -0.1) is 0 Å². The van der Waals surface area contributed by atoms with E-state index in [1.165, 1.54) is 0 Å². The number of hydrogen-bond donors (Lipinski definition) is 0. The van der Waals surface area contributed by atoms with Crippen molar-refractivity contribution >= 4 is 11.6 Å². The van der Waals surface area contributed by atoms with Crippen LogP contribution in [-0.2, 0) is 19.6 Å². The molecule has 2 aromatic heterocycles. The van der Waals surface area contributed by atoms with Crippen molar-refractivity contribution in [2.24, 2.45) is 0 Å². The van der Waals surface area contributed by atoms with Crippen LogP contribution in [-0.4, -0.2) is 26.0 Å². The van der Waals surface area contributed by atoms with E-state index in [1.54, 1.807) is 0 Å². The fourth-order valence-electron chi connectivity index (χ4n) is 2.89. The first-order chi connectivity index (χ1) is 12.2. The first kappa shape index (κ1) is 17.6. The zero-order valence-electron chi connectivity index (χ0n) is 14.5. The van der Waals surface area contributed by atoms with Gasteiger partial charge in [0, 0.05) is 49.3 Å². The Morgan fingerprint density at radius 1 is 1.08 bits per heavy atom. The Labute approximate surface area is 154 Å². The molecule has 0 bridgehead atoms. The zero-order chi connectivity index (χ0) is 17.5. The molecular formula is C20H23ClN4. The quantitative estimate of drug-likeness (QED) is 0.603. The highest BCUT2D eigenvalue weighted by molar-refractivity contribution is 6.31. The number of aryl methyl sites for hydroxylation is 2. The first-order valence-corrected chi connectivity index (χ1v) is 8.92. The number of hydrogen-bond acceptors (Lipinski definition) is 3. The molecule has 0 unspecified atom stereocenters. The molecular weight excluding hydrogens is 332 g/mol. The Morgan fingerprint density at radius 2 is 1.96 bits per heavy atom. The largest absolute Gasteiger partial charge is 0.337 e. The van der Waals surface area contributed by atoms with E-state index in [4.69, 9.17) is 11.6 Å². The van der Waals surface area contributed by atoms with Gasteiger partial charge in [-0.3, -0.25) is 9.88 Å². The third-order valence-electron chi connectivity index (χ3n) is 4.13. The number of imidazole rings is 1. The third kappa shape index (κ3) is 5.41. The molecule has 0 radical (unpaired) electrons. The van der Waals surface area contributed by atoms with Crippen LogP contribution in [0, 0.1) is 6.92 Å². The van der Waals surface area contributed by atoms with Gasteiger partial charge < -0.3 is 4.57 Å². The predicted octanol–water partition coefficient (Wildman–Crippen LogP) is 4.33. The van der Waals surface area contributed by atoms with Gasteiger partial charge in [0.05, 0.1) is 12.0 Å². The second-order valence-corrected chi connectivity index (χ2v) is 6.63. The Hall–Kier alpha value is -2.17. The minimum atomic E-state index is 0.816. The van der Waals surface area contributed by atoms with Crippen molar-refractivity contribution in [1.82, 2.24) is 19.4 Å². The van der Waals surface area contributed by atoms with Gasteiger partial charge >= 0.3 is 0 Å². The van der Waals surface area contributed by atoms with Crippen molar-refractivity contribution in [2.45, 2.75) is 33.0 Å². The molecule has 0 saturated heterocycles. The summed E-state index contributed by atoms with van der Waals surface area (Å²) in [6, 6.07) is 14.2. The number of halogens is 1. The fourth-order valence-corrected chi connectivity index (χ4v) is 3.09. The summed E-state index contributed by atoms with van der Waals surface area (Å²) in [5.41, 5.74) is 3.29. The maximum Gasteiger partial charge on any atom is 0.0945 e. The highest BCUT2D eigenvalue weighted by Crippen LogP contribution is 2.18. The summed E-state index contributed by atoms with van der Waals surface area (Å²) in [5.74, 6) is 0. The topological polar surface area (TPSA) is 34.0 Å². The van der Waals surface area contributed by atoms with E-state index in [0.29, 0.717) is 0 Å². The van der Waals surface area contributed by atoms with Gasteiger partial charge in [0.15, 0.2) is 0 Å². The lowest BCUT2D eigenvalue weighted by Crippen LogP contribution is -2.25. The highest BCUT2D eigenvalue weighted by atomic mass is 35.5. The number of nitrogens with zero attached hydrogens (tertiary/aromatic N) is 4. The van der Waals surface area contributed by atoms with Gasteiger partial charge in [-0.2, -0.15) is 0 Å². The van der Waals surface area contributed by atoms with Gasteiger partial charge in [0.1, 0.15) is 0 Å². The van der Waals surface area contributed by atoms with Crippen molar-refractivity contribution in [2.75, 3.05) is 6.54 Å². The van der Waals surface area contributed by atoms with Gasteiger partial charge in [-0.25, -0.2) is 4.98 Å². The molecule has 0 aliphatic rings. The molecule has 0 N–H and O–H groups in total. The summed E-state index contributed by atoms with van der Waals surface area (Å²) in [6.07, 6.45) is 6.73. The second kappa shape index (κ2) is 8.79. The van der Waals surface area contributed by atoms with E-state index in [1.807, 2.05) is 49.9 Å². The van der Waals surface area contributed by atoms with E-state index in [0.717, 1.165) is 54.6 Å². The molecule has 4 nitrogen and oxygen atoms in total. The maximum absolute atomic E-state index is 6.36. The van der Waals surface area contributed by atoms with Gasteiger partial charge in [0.2, 0.25) is 0 Å². The molecule has 3 aromatic rings. The Bertz CT molecular complexity index is 786. The molecule has 130 valence electrons. The lowest BCUT2D eigenvalue weighted by atomic mass is 10.2. The molecule has 25 heavy (non-hydrogen) atoms. The van der Waals surface area contributed by atoms with Crippen LogP contribution in [0.4, 0.5) is 0 Å². The van der Waals surface area contributed by atoms with Crippen molar-refractivity contribution in [3.8, 4) is 0 Å². The Kier molecular flexibility index (Phi) is 6.20. The predicted molar refractivity (Wildman–Crippen MR) is 101 cm³/mol. The standard InChI is InChI=1S/C20H23ClN4/c1-17-6-4-8-19(23-17)15-25(12-5-11-24-13-10-22-16-24)14-18-7-2-3-9-20(18)21/h2-4,6-10,13,16H,5,11-12,14-15H2,1H3. The fraction of sp³-hybridized carbons (Fsp3) is 0.300. The van der Waals surface area contributed by atoms with Crippen LogP contribution in [0.2, 0.25) is 5.02 Å². The van der Waals surface area contributed by atoms with Crippen molar-refractivity contribution < 1.29 is 0 Å². The molecule has 1 aromatic carbocycles. The van der Waals surface area contributed by atoms with Crippen LogP contribution < -0.4 is 0 Å². The maximum atomic E-state index is 6.36. The van der Waals surface area contributed by atoms with Crippen LogP contribution in [0.5, 0.6) is 0 Å². The third-order valence-corrected chi connectivity index (χ3v) is 4.50. The van der Waals surface area contributed by atoms with Gasteiger partial charge in [0.25, 0.3) is 0 Å². The summed E-state index contributed by atoms with van der Waals surface area (Å²) in [5, 5.41) is 0.819. The molecule has 0 saturated carbocycles.